The minimum atomic E-state index is -4.43. The van der Waals surface area contributed by atoms with Crippen LogP contribution in [0.25, 0.3) is 0 Å². The van der Waals surface area contributed by atoms with E-state index in [1.165, 1.54) is 12.1 Å². The zero-order chi connectivity index (χ0) is 22.7. The van der Waals surface area contributed by atoms with Gasteiger partial charge < -0.3 is 15.5 Å². The van der Waals surface area contributed by atoms with Crippen LogP contribution < -0.4 is 15.5 Å². The average molecular weight is 439 g/mol. The molecule has 164 valence electrons. The van der Waals surface area contributed by atoms with Gasteiger partial charge in [0.1, 0.15) is 0 Å². The number of urea groups is 1. The summed E-state index contributed by atoms with van der Waals surface area (Å²) in [6, 6.07) is 18.6. The topological polar surface area (TPSA) is 61.4 Å². The van der Waals surface area contributed by atoms with Crippen LogP contribution in [0, 0.1) is 0 Å². The van der Waals surface area contributed by atoms with Crippen LogP contribution in [-0.4, -0.2) is 11.9 Å². The number of hydrogen-bond donors (Lipinski definition) is 2. The maximum Gasteiger partial charge on any atom is 0.416 e. The molecule has 0 atom stereocenters. The fourth-order valence-electron chi connectivity index (χ4n) is 3.61. The van der Waals surface area contributed by atoms with E-state index < -0.39 is 17.8 Å². The molecule has 32 heavy (non-hydrogen) atoms. The summed E-state index contributed by atoms with van der Waals surface area (Å²) in [4.78, 5) is 26.5. The predicted octanol–water partition coefficient (Wildman–Crippen LogP) is 5.83. The molecule has 0 saturated carbocycles. The van der Waals surface area contributed by atoms with E-state index in [-0.39, 0.29) is 11.6 Å². The van der Waals surface area contributed by atoms with Crippen molar-refractivity contribution in [3.63, 3.8) is 0 Å². The summed E-state index contributed by atoms with van der Waals surface area (Å²) < 4.78 is 38.0. The van der Waals surface area contributed by atoms with Crippen LogP contribution in [0.1, 0.15) is 23.1 Å². The third-order valence-electron chi connectivity index (χ3n) is 5.19. The van der Waals surface area contributed by atoms with E-state index in [4.69, 9.17) is 0 Å². The van der Waals surface area contributed by atoms with Gasteiger partial charge >= 0.3 is 12.2 Å². The molecule has 0 saturated heterocycles. The first-order valence-electron chi connectivity index (χ1n) is 10.0. The van der Waals surface area contributed by atoms with Crippen LogP contribution in [0.4, 0.5) is 35.0 Å². The Balaban J connectivity index is 1.44. The molecule has 0 radical (unpaired) electrons. The van der Waals surface area contributed by atoms with E-state index in [1.807, 2.05) is 36.4 Å². The second-order valence-electron chi connectivity index (χ2n) is 7.46. The first-order chi connectivity index (χ1) is 15.3. The van der Waals surface area contributed by atoms with Gasteiger partial charge in [-0.1, -0.05) is 30.3 Å². The lowest BCUT2D eigenvalue weighted by atomic mass is 9.99. The van der Waals surface area contributed by atoms with Crippen molar-refractivity contribution in [1.82, 2.24) is 0 Å². The van der Waals surface area contributed by atoms with Gasteiger partial charge in [0.05, 0.1) is 12.1 Å². The van der Waals surface area contributed by atoms with Gasteiger partial charge in [0, 0.05) is 23.5 Å². The summed E-state index contributed by atoms with van der Waals surface area (Å²) in [6.45, 7) is 0.466. The lowest BCUT2D eigenvalue weighted by Crippen LogP contribution is -2.34. The largest absolute Gasteiger partial charge is 0.416 e. The second kappa shape index (κ2) is 8.74. The lowest BCUT2D eigenvalue weighted by Gasteiger charge is -2.30. The predicted molar refractivity (Wildman–Crippen MR) is 116 cm³/mol. The van der Waals surface area contributed by atoms with Crippen LogP contribution >= 0.6 is 0 Å². The molecule has 0 aliphatic carbocycles. The van der Waals surface area contributed by atoms with Gasteiger partial charge in [-0.2, -0.15) is 13.2 Å². The van der Waals surface area contributed by atoms with Crippen LogP contribution in [0.3, 0.4) is 0 Å². The molecule has 3 amide bonds. The number of amides is 3. The fourth-order valence-corrected chi connectivity index (χ4v) is 3.61. The molecular weight excluding hydrogens is 419 g/mol. The summed E-state index contributed by atoms with van der Waals surface area (Å²) in [5.74, 6) is 0.0436. The van der Waals surface area contributed by atoms with Gasteiger partial charge in [-0.15, -0.1) is 0 Å². The standard InChI is InChI=1S/C24H20F3N3O2/c25-24(26,27)18-7-9-19(10-8-18)28-23(32)29-20-11-12-21-17(14-20)6-13-22(31)30(21)15-16-4-2-1-3-5-16/h1-5,7-12,14H,6,13,15H2,(H2,28,29,32). The van der Waals surface area contributed by atoms with Crippen molar-refractivity contribution in [2.45, 2.75) is 25.6 Å². The van der Waals surface area contributed by atoms with Crippen molar-refractivity contribution >= 4 is 29.0 Å². The van der Waals surface area contributed by atoms with Crippen LogP contribution in [0.15, 0.2) is 72.8 Å². The number of fused-ring (bicyclic) bond motifs is 1. The Morgan fingerprint density at radius 2 is 1.53 bits per heavy atom. The first-order valence-corrected chi connectivity index (χ1v) is 10.0. The number of aryl methyl sites for hydroxylation is 1. The number of rotatable bonds is 4. The van der Waals surface area contributed by atoms with Gasteiger partial charge in [0.25, 0.3) is 0 Å². The number of alkyl halides is 3. The molecule has 1 heterocycles. The first kappa shape index (κ1) is 21.4. The van der Waals surface area contributed by atoms with Gasteiger partial charge in [0.15, 0.2) is 0 Å². The van der Waals surface area contributed by atoms with Crippen molar-refractivity contribution in [2.24, 2.45) is 0 Å². The Labute approximate surface area is 182 Å². The molecule has 3 aromatic rings. The summed E-state index contributed by atoms with van der Waals surface area (Å²) in [7, 11) is 0. The van der Waals surface area contributed by atoms with Crippen molar-refractivity contribution in [3.8, 4) is 0 Å². The smallest absolute Gasteiger partial charge is 0.308 e. The molecule has 5 nitrogen and oxygen atoms in total. The molecule has 0 spiro atoms. The van der Waals surface area contributed by atoms with Crippen LogP contribution in [0.2, 0.25) is 0 Å². The molecule has 2 N–H and O–H groups in total. The maximum absolute atomic E-state index is 12.7. The molecule has 0 unspecified atom stereocenters. The zero-order valence-electron chi connectivity index (χ0n) is 16.9. The average Bonchev–Trinajstić information content (AvgIpc) is 2.76. The normalized spacial score (nSPS) is 13.5. The van der Waals surface area contributed by atoms with Crippen molar-refractivity contribution in [3.05, 3.63) is 89.5 Å². The quantitative estimate of drug-likeness (QED) is 0.537. The van der Waals surface area contributed by atoms with Crippen molar-refractivity contribution in [1.29, 1.82) is 0 Å². The van der Waals surface area contributed by atoms with Gasteiger partial charge in [-0.25, -0.2) is 4.79 Å². The van der Waals surface area contributed by atoms with Crippen LogP contribution in [-0.2, 0) is 23.9 Å². The maximum atomic E-state index is 12.7. The number of anilines is 3. The highest BCUT2D eigenvalue weighted by Gasteiger charge is 2.30. The monoisotopic (exact) mass is 439 g/mol. The fraction of sp³-hybridized carbons (Fsp3) is 0.167. The summed E-state index contributed by atoms with van der Waals surface area (Å²) in [5, 5.41) is 5.20. The number of carbonyl (C=O) groups excluding carboxylic acids is 2. The zero-order valence-corrected chi connectivity index (χ0v) is 16.9. The third-order valence-corrected chi connectivity index (χ3v) is 5.19. The number of halogens is 3. The Kier molecular flexibility index (Phi) is 5.85. The van der Waals surface area contributed by atoms with E-state index in [2.05, 4.69) is 10.6 Å². The summed E-state index contributed by atoms with van der Waals surface area (Å²) >= 11 is 0. The van der Waals surface area contributed by atoms with E-state index >= 15 is 0 Å². The summed E-state index contributed by atoms with van der Waals surface area (Å²) in [6.07, 6.45) is -3.49. The van der Waals surface area contributed by atoms with E-state index in [1.54, 1.807) is 17.0 Å². The van der Waals surface area contributed by atoms with E-state index in [9.17, 15) is 22.8 Å². The number of nitrogens with one attached hydrogen (secondary N) is 2. The van der Waals surface area contributed by atoms with Gasteiger partial charge in [-0.3, -0.25) is 4.79 Å². The van der Waals surface area contributed by atoms with Gasteiger partial charge in [-0.05, 0) is 60.0 Å². The number of hydrogen-bond acceptors (Lipinski definition) is 2. The highest BCUT2D eigenvalue weighted by Crippen LogP contribution is 2.32. The molecule has 4 rings (SSSR count). The highest BCUT2D eigenvalue weighted by atomic mass is 19.4. The number of nitrogens with zero attached hydrogens (tertiary/aromatic N) is 1. The molecule has 1 aliphatic heterocycles. The number of benzene rings is 3. The minimum absolute atomic E-state index is 0.0436. The Morgan fingerprint density at radius 3 is 2.22 bits per heavy atom. The minimum Gasteiger partial charge on any atom is -0.308 e. The molecule has 1 aliphatic rings. The Bertz CT molecular complexity index is 1130. The molecular formula is C24H20F3N3O2. The molecule has 0 fully saturated rings. The summed E-state index contributed by atoms with van der Waals surface area (Å²) in [5.41, 5.74) is 2.75. The Hall–Kier alpha value is -3.81. The molecule has 0 bridgehead atoms. The van der Waals surface area contributed by atoms with E-state index in [0.29, 0.717) is 25.1 Å². The van der Waals surface area contributed by atoms with Crippen molar-refractivity contribution < 1.29 is 22.8 Å². The molecule has 8 heteroatoms. The molecule has 0 aromatic heterocycles. The number of carbonyl (C=O) groups is 2. The SMILES string of the molecule is O=C(Nc1ccc(C(F)(F)F)cc1)Nc1ccc2c(c1)CCC(=O)N2Cc1ccccc1. The van der Waals surface area contributed by atoms with Crippen LogP contribution in [0.5, 0.6) is 0 Å². The van der Waals surface area contributed by atoms with Gasteiger partial charge in [0.2, 0.25) is 5.91 Å². The van der Waals surface area contributed by atoms with E-state index in [0.717, 1.165) is 28.9 Å². The lowest BCUT2D eigenvalue weighted by molar-refractivity contribution is -0.137. The Morgan fingerprint density at radius 1 is 0.875 bits per heavy atom. The second-order valence-corrected chi connectivity index (χ2v) is 7.46. The van der Waals surface area contributed by atoms with Crippen molar-refractivity contribution in [2.75, 3.05) is 15.5 Å². The molecule has 3 aromatic carbocycles. The third kappa shape index (κ3) is 4.91. The highest BCUT2D eigenvalue weighted by molar-refractivity contribution is 6.01.